The number of nitrogens with zero attached hydrogens (tertiary/aromatic N) is 2. The average Bonchev–Trinajstić information content (AvgIpc) is 3.59. The van der Waals surface area contributed by atoms with Gasteiger partial charge in [0.1, 0.15) is 29.8 Å². The van der Waals surface area contributed by atoms with Crippen molar-refractivity contribution < 1.29 is 33.8 Å². The van der Waals surface area contributed by atoms with Gasteiger partial charge in [-0.3, -0.25) is 19.2 Å². The quantitative estimate of drug-likeness (QED) is 0.250. The van der Waals surface area contributed by atoms with E-state index in [-0.39, 0.29) is 43.8 Å². The highest BCUT2D eigenvalue weighted by molar-refractivity contribution is 9.11. The van der Waals surface area contributed by atoms with E-state index in [0.29, 0.717) is 42.4 Å². The smallest absolute Gasteiger partial charge is 0.313 e. The summed E-state index contributed by atoms with van der Waals surface area (Å²) in [6.07, 6.45) is 7.42. The van der Waals surface area contributed by atoms with Crippen LogP contribution in [0.2, 0.25) is 0 Å². The summed E-state index contributed by atoms with van der Waals surface area (Å²) in [6, 6.07) is 8.21. The fourth-order valence-electron chi connectivity index (χ4n) is 6.66. The van der Waals surface area contributed by atoms with Crippen LogP contribution in [-0.4, -0.2) is 89.1 Å². The number of rotatable bonds is 8. The van der Waals surface area contributed by atoms with Crippen LogP contribution in [0, 0.1) is 11.8 Å². The molecule has 3 amide bonds. The minimum atomic E-state index is -1.33. The number of hydrogen-bond acceptors (Lipinski definition) is 7. The SMILES string of the molecule is CCCCN1C/C=C\CCC(=O)NC[C@H](c2ccccc2)OC(=O)[C@H]2[C@@H]3O[C@@]4(C=C3Br)[C@@H]2C(=O)N(CCCCO)[C@@H]4C1=O. The Hall–Kier alpha value is -3.02. The van der Waals surface area contributed by atoms with E-state index >= 15 is 0 Å². The van der Waals surface area contributed by atoms with Gasteiger partial charge >= 0.3 is 5.97 Å². The van der Waals surface area contributed by atoms with Crippen LogP contribution in [-0.2, 0) is 28.7 Å². The number of esters is 1. The lowest BCUT2D eigenvalue weighted by molar-refractivity contribution is -0.159. The molecule has 0 saturated carbocycles. The average molecular weight is 659 g/mol. The van der Waals surface area contributed by atoms with E-state index in [1.807, 2.05) is 49.4 Å². The summed E-state index contributed by atoms with van der Waals surface area (Å²) >= 11 is 3.58. The second-order valence-electron chi connectivity index (χ2n) is 11.6. The zero-order chi connectivity index (χ0) is 30.6. The van der Waals surface area contributed by atoms with Crippen molar-refractivity contribution in [2.45, 2.75) is 69.3 Å². The van der Waals surface area contributed by atoms with Gasteiger partial charge < -0.3 is 29.7 Å². The molecule has 6 atom stereocenters. The number of unbranched alkanes of at least 4 members (excludes halogenated alkanes) is 2. The number of carbonyl (C=O) groups is 4. The van der Waals surface area contributed by atoms with Crippen molar-refractivity contribution in [1.29, 1.82) is 0 Å². The number of halogens is 1. The van der Waals surface area contributed by atoms with Crippen molar-refractivity contribution in [3.63, 3.8) is 0 Å². The van der Waals surface area contributed by atoms with E-state index in [0.717, 1.165) is 12.8 Å². The number of amides is 3. The van der Waals surface area contributed by atoms with Crippen LogP contribution in [0.25, 0.3) is 0 Å². The Balaban J connectivity index is 1.56. The van der Waals surface area contributed by atoms with Crippen molar-refractivity contribution in [3.05, 3.63) is 58.6 Å². The highest BCUT2D eigenvalue weighted by Crippen LogP contribution is 2.59. The van der Waals surface area contributed by atoms with Gasteiger partial charge in [-0.05, 0) is 37.3 Å². The van der Waals surface area contributed by atoms with Crippen molar-refractivity contribution >= 4 is 39.6 Å². The minimum absolute atomic E-state index is 0.0287. The van der Waals surface area contributed by atoms with E-state index < -0.39 is 41.7 Å². The summed E-state index contributed by atoms with van der Waals surface area (Å²) in [7, 11) is 0. The van der Waals surface area contributed by atoms with Crippen LogP contribution < -0.4 is 5.32 Å². The number of carbonyl (C=O) groups excluding carboxylic acids is 4. The third kappa shape index (κ3) is 6.17. The first-order valence-corrected chi connectivity index (χ1v) is 16.0. The molecule has 5 bridgehead atoms. The molecular formula is C32H40BrN3O7. The van der Waals surface area contributed by atoms with E-state index in [1.54, 1.807) is 15.9 Å². The van der Waals surface area contributed by atoms with Crippen LogP contribution in [0.3, 0.4) is 0 Å². The molecule has 0 aliphatic carbocycles. The fourth-order valence-corrected chi connectivity index (χ4v) is 7.39. The Morgan fingerprint density at radius 2 is 1.84 bits per heavy atom. The molecule has 2 N–H and O–H groups in total. The van der Waals surface area contributed by atoms with Gasteiger partial charge in [-0.25, -0.2) is 0 Å². The van der Waals surface area contributed by atoms with Crippen LogP contribution in [0.4, 0.5) is 0 Å². The van der Waals surface area contributed by atoms with Crippen LogP contribution in [0.15, 0.2) is 53.0 Å². The van der Waals surface area contributed by atoms with Gasteiger partial charge in [0.2, 0.25) is 17.7 Å². The number of fused-ring (bicyclic) bond motifs is 2. The normalized spacial score (nSPS) is 32.0. The summed E-state index contributed by atoms with van der Waals surface area (Å²) in [6.45, 7) is 3.18. The van der Waals surface area contributed by atoms with Gasteiger partial charge in [-0.1, -0.05) is 71.8 Å². The highest BCUT2D eigenvalue weighted by Gasteiger charge is 2.74. The van der Waals surface area contributed by atoms with Crippen LogP contribution >= 0.6 is 15.9 Å². The molecule has 5 rings (SSSR count). The first-order valence-electron chi connectivity index (χ1n) is 15.3. The number of benzene rings is 1. The second-order valence-corrected chi connectivity index (χ2v) is 12.5. The molecule has 1 aromatic carbocycles. The molecular weight excluding hydrogens is 618 g/mol. The van der Waals surface area contributed by atoms with Gasteiger partial charge in [-0.2, -0.15) is 0 Å². The number of nitrogens with one attached hydrogen (secondary N) is 1. The van der Waals surface area contributed by atoms with Crippen LogP contribution in [0.5, 0.6) is 0 Å². The molecule has 232 valence electrons. The maximum absolute atomic E-state index is 14.4. The fraction of sp³-hybridized carbons (Fsp3) is 0.562. The van der Waals surface area contributed by atoms with Gasteiger partial charge in [0.25, 0.3) is 0 Å². The Morgan fingerprint density at radius 3 is 2.58 bits per heavy atom. The lowest BCUT2D eigenvalue weighted by Crippen LogP contribution is -2.56. The standard InChI is InChI=1S/C32H40BrN3O7/c1-2-3-15-35-16-9-5-8-14-24(38)34-20-23(21-12-6-4-7-13-21)42-31(41)25-26-29(39)36(17-10-11-18-37)28(30(35)40)32(26)19-22(33)27(25)43-32/h4-7,9,12-13,19,23,25-28,37H,2-3,8,10-11,14-18,20H2,1H3,(H,34,38)/b9-5-/t23-,25-,26+,27-,28-,32+/m1/s1. The van der Waals surface area contributed by atoms with Gasteiger partial charge in [-0.15, -0.1) is 0 Å². The van der Waals surface area contributed by atoms with Crippen molar-refractivity contribution in [2.24, 2.45) is 11.8 Å². The van der Waals surface area contributed by atoms with Gasteiger partial charge in [0.05, 0.1) is 12.5 Å². The number of allylic oxidation sites excluding steroid dienone is 1. The number of aliphatic hydroxyl groups excluding tert-OH is 1. The number of ether oxygens (including phenoxy) is 2. The van der Waals surface area contributed by atoms with Crippen LogP contribution in [0.1, 0.15) is 57.1 Å². The zero-order valence-corrected chi connectivity index (χ0v) is 26.0. The predicted molar refractivity (Wildman–Crippen MR) is 162 cm³/mol. The Morgan fingerprint density at radius 1 is 1.05 bits per heavy atom. The minimum Gasteiger partial charge on any atom is -0.455 e. The first-order chi connectivity index (χ1) is 20.8. The lowest BCUT2D eigenvalue weighted by Gasteiger charge is -2.36. The van der Waals surface area contributed by atoms with E-state index in [1.165, 1.54) is 0 Å². The third-order valence-corrected chi connectivity index (χ3v) is 9.46. The number of aliphatic hydroxyl groups is 1. The second kappa shape index (κ2) is 13.7. The molecule has 4 heterocycles. The summed E-state index contributed by atoms with van der Waals surface area (Å²) in [5, 5.41) is 12.3. The molecule has 0 aromatic heterocycles. The number of cyclic esters (lactones) is 1. The molecule has 4 aliphatic heterocycles. The molecule has 1 spiro atoms. The summed E-state index contributed by atoms with van der Waals surface area (Å²) in [5.41, 5.74) is -0.621. The molecule has 2 saturated heterocycles. The van der Waals surface area contributed by atoms with E-state index in [9.17, 15) is 24.3 Å². The molecule has 0 radical (unpaired) electrons. The predicted octanol–water partition coefficient (Wildman–Crippen LogP) is 3.01. The third-order valence-electron chi connectivity index (χ3n) is 8.78. The molecule has 43 heavy (non-hydrogen) atoms. The Kier molecular flexibility index (Phi) is 10.0. The van der Waals surface area contributed by atoms with Gasteiger partial charge in [0, 0.05) is 37.1 Å². The molecule has 11 heteroatoms. The maximum Gasteiger partial charge on any atom is 0.313 e. The van der Waals surface area contributed by atoms with Crippen molar-refractivity contribution in [1.82, 2.24) is 15.1 Å². The van der Waals surface area contributed by atoms with Gasteiger partial charge in [0.15, 0.2) is 0 Å². The summed E-state index contributed by atoms with van der Waals surface area (Å²) in [5.74, 6) is -3.28. The summed E-state index contributed by atoms with van der Waals surface area (Å²) in [4.78, 5) is 58.6. The topological polar surface area (TPSA) is 125 Å². The highest BCUT2D eigenvalue weighted by atomic mass is 79.9. The van der Waals surface area contributed by atoms with E-state index in [2.05, 4.69) is 21.2 Å². The number of hydrogen-bond donors (Lipinski definition) is 2. The zero-order valence-electron chi connectivity index (χ0n) is 24.5. The Bertz CT molecular complexity index is 1270. The Labute approximate surface area is 260 Å². The maximum atomic E-state index is 14.4. The summed E-state index contributed by atoms with van der Waals surface area (Å²) < 4.78 is 13.2. The first kappa shape index (κ1) is 31.4. The molecule has 4 aliphatic rings. The molecule has 2 fully saturated rings. The molecule has 0 unspecified atom stereocenters. The molecule has 10 nitrogen and oxygen atoms in total. The lowest BCUT2D eigenvalue weighted by atomic mass is 9.74. The molecule has 1 aromatic rings. The monoisotopic (exact) mass is 657 g/mol. The van der Waals surface area contributed by atoms with Crippen molar-refractivity contribution in [2.75, 3.05) is 32.8 Å². The van der Waals surface area contributed by atoms with E-state index in [4.69, 9.17) is 9.47 Å². The number of likely N-dealkylation sites (tertiary alicyclic amines) is 1. The largest absolute Gasteiger partial charge is 0.455 e. The van der Waals surface area contributed by atoms with Crippen molar-refractivity contribution in [3.8, 4) is 0 Å².